The fourth-order valence-corrected chi connectivity index (χ4v) is 1.81. The summed E-state index contributed by atoms with van der Waals surface area (Å²) < 4.78 is 10.6. The largest absolute Gasteiger partial charge is 0.467 e. The summed E-state index contributed by atoms with van der Waals surface area (Å²) in [7, 11) is 0. The average Bonchev–Trinajstić information content (AvgIpc) is 2.47. The van der Waals surface area contributed by atoms with Crippen LogP contribution >= 0.6 is 15.9 Å². The molecule has 0 saturated heterocycles. The van der Waals surface area contributed by atoms with Crippen LogP contribution in [0.15, 0.2) is 60.7 Å². The third-order valence-electron chi connectivity index (χ3n) is 2.39. The summed E-state index contributed by atoms with van der Waals surface area (Å²) in [6.07, 6.45) is 0. The fourth-order valence-electron chi connectivity index (χ4n) is 1.46. The lowest BCUT2D eigenvalue weighted by Gasteiger charge is -2.12. The van der Waals surface area contributed by atoms with E-state index in [0.717, 1.165) is 5.56 Å². The maximum Gasteiger partial charge on any atom is 0.359 e. The Morgan fingerprint density at radius 1 is 1.00 bits per heavy atom. The molecule has 1 unspecified atom stereocenters. The van der Waals surface area contributed by atoms with Crippen molar-refractivity contribution < 1.29 is 14.3 Å². The summed E-state index contributed by atoms with van der Waals surface area (Å²) >= 11 is 3.16. The van der Waals surface area contributed by atoms with Crippen molar-refractivity contribution in [3.63, 3.8) is 0 Å². The normalized spacial score (nSPS) is 11.6. The Morgan fingerprint density at radius 3 is 2.21 bits per heavy atom. The van der Waals surface area contributed by atoms with Gasteiger partial charge in [-0.1, -0.05) is 48.5 Å². The Kier molecular flexibility index (Phi) is 4.98. The first-order valence-corrected chi connectivity index (χ1v) is 6.73. The molecule has 98 valence electrons. The van der Waals surface area contributed by atoms with Crippen molar-refractivity contribution in [3.05, 3.63) is 66.2 Å². The van der Waals surface area contributed by atoms with Gasteiger partial charge in [0.1, 0.15) is 12.4 Å². The van der Waals surface area contributed by atoms with Crippen LogP contribution in [-0.2, 0) is 16.1 Å². The molecule has 2 aromatic carbocycles. The third kappa shape index (κ3) is 4.41. The van der Waals surface area contributed by atoms with Crippen molar-refractivity contribution in [2.75, 3.05) is 0 Å². The molecule has 0 saturated carbocycles. The molecule has 0 amide bonds. The van der Waals surface area contributed by atoms with Gasteiger partial charge in [-0.05, 0) is 33.6 Å². The third-order valence-corrected chi connectivity index (χ3v) is 2.95. The van der Waals surface area contributed by atoms with Crippen molar-refractivity contribution >= 4 is 21.9 Å². The van der Waals surface area contributed by atoms with E-state index in [1.807, 2.05) is 48.5 Å². The Hall–Kier alpha value is -1.81. The number of carbonyl (C=O) groups is 1. The maximum absolute atomic E-state index is 11.7. The van der Waals surface area contributed by atoms with Crippen LogP contribution in [0, 0.1) is 0 Å². The predicted octanol–water partition coefficient (Wildman–Crippen LogP) is 3.53. The first kappa shape index (κ1) is 13.6. The number of benzene rings is 2. The first-order valence-electron chi connectivity index (χ1n) is 5.82. The summed E-state index contributed by atoms with van der Waals surface area (Å²) in [6.45, 7) is 0.236. The molecule has 19 heavy (non-hydrogen) atoms. The van der Waals surface area contributed by atoms with Gasteiger partial charge in [0.25, 0.3) is 0 Å². The Labute approximate surface area is 120 Å². The van der Waals surface area contributed by atoms with Gasteiger partial charge in [0.15, 0.2) is 0 Å². The lowest BCUT2D eigenvalue weighted by molar-refractivity contribution is -0.148. The Balaban J connectivity index is 1.83. The standard InChI is InChI=1S/C15H13BrO3/c16-14(19-13-9-5-2-6-10-13)15(17)18-11-12-7-3-1-4-8-12/h1-10,14H,11H2. The van der Waals surface area contributed by atoms with Crippen molar-refractivity contribution in [1.82, 2.24) is 0 Å². The smallest absolute Gasteiger partial charge is 0.359 e. The topological polar surface area (TPSA) is 35.5 Å². The minimum atomic E-state index is -0.807. The minimum absolute atomic E-state index is 0.236. The molecule has 0 aliphatic heterocycles. The Morgan fingerprint density at radius 2 is 1.58 bits per heavy atom. The number of hydrogen-bond donors (Lipinski definition) is 0. The quantitative estimate of drug-likeness (QED) is 0.624. The molecule has 0 heterocycles. The zero-order valence-corrected chi connectivity index (χ0v) is 11.7. The highest BCUT2D eigenvalue weighted by atomic mass is 79.9. The monoisotopic (exact) mass is 320 g/mol. The number of halogens is 1. The number of esters is 1. The van der Waals surface area contributed by atoms with Crippen LogP contribution in [0.4, 0.5) is 0 Å². The molecule has 1 atom stereocenters. The van der Waals surface area contributed by atoms with Gasteiger partial charge in [-0.15, -0.1) is 0 Å². The second kappa shape index (κ2) is 6.95. The van der Waals surface area contributed by atoms with Gasteiger partial charge in [0.05, 0.1) is 0 Å². The van der Waals surface area contributed by atoms with Gasteiger partial charge >= 0.3 is 5.97 Å². The van der Waals surface area contributed by atoms with Gasteiger partial charge in [-0.3, -0.25) is 0 Å². The molecule has 2 aromatic rings. The zero-order valence-electron chi connectivity index (χ0n) is 10.2. The van der Waals surface area contributed by atoms with Crippen molar-refractivity contribution in [2.24, 2.45) is 0 Å². The van der Waals surface area contributed by atoms with E-state index in [-0.39, 0.29) is 6.61 Å². The number of carbonyl (C=O) groups excluding carboxylic acids is 1. The second-order valence-electron chi connectivity index (χ2n) is 3.84. The second-order valence-corrected chi connectivity index (χ2v) is 4.67. The average molecular weight is 321 g/mol. The van der Waals surface area contributed by atoms with Crippen LogP contribution in [0.1, 0.15) is 5.56 Å². The van der Waals surface area contributed by atoms with E-state index in [4.69, 9.17) is 9.47 Å². The number of alkyl halides is 1. The minimum Gasteiger partial charge on any atom is -0.467 e. The van der Waals surface area contributed by atoms with Gasteiger partial charge in [0, 0.05) is 0 Å². The predicted molar refractivity (Wildman–Crippen MR) is 76.0 cm³/mol. The number of rotatable bonds is 5. The van der Waals surface area contributed by atoms with Crippen LogP contribution in [0.2, 0.25) is 0 Å². The zero-order chi connectivity index (χ0) is 13.5. The van der Waals surface area contributed by atoms with Gasteiger partial charge < -0.3 is 9.47 Å². The molecule has 4 heteroatoms. The van der Waals surface area contributed by atoms with Crippen molar-refractivity contribution in [2.45, 2.75) is 11.6 Å². The molecule has 0 bridgehead atoms. The summed E-state index contributed by atoms with van der Waals surface area (Å²) in [5.41, 5.74) is 0.940. The molecule has 0 aromatic heterocycles. The molecule has 3 nitrogen and oxygen atoms in total. The number of hydrogen-bond acceptors (Lipinski definition) is 3. The van der Waals surface area contributed by atoms with E-state index >= 15 is 0 Å². The fraction of sp³-hybridized carbons (Fsp3) is 0.133. The molecule has 0 aliphatic rings. The highest BCUT2D eigenvalue weighted by Gasteiger charge is 2.18. The maximum atomic E-state index is 11.7. The number of para-hydroxylation sites is 1. The number of ether oxygens (including phenoxy) is 2. The summed E-state index contributed by atoms with van der Waals surface area (Å²) in [5, 5.41) is -0.807. The molecule has 0 spiro atoms. The summed E-state index contributed by atoms with van der Waals surface area (Å²) in [4.78, 5) is 11.7. The SMILES string of the molecule is O=C(OCc1ccccc1)C(Br)Oc1ccccc1. The van der Waals surface area contributed by atoms with E-state index in [1.54, 1.807) is 12.1 Å². The van der Waals surface area contributed by atoms with Crippen LogP contribution in [0.25, 0.3) is 0 Å². The lowest BCUT2D eigenvalue weighted by atomic mass is 10.2. The van der Waals surface area contributed by atoms with E-state index in [2.05, 4.69) is 15.9 Å². The molecular formula is C15H13BrO3. The highest BCUT2D eigenvalue weighted by molar-refractivity contribution is 9.09. The van der Waals surface area contributed by atoms with Gasteiger partial charge in [0.2, 0.25) is 5.01 Å². The summed E-state index contributed by atoms with van der Waals surface area (Å²) in [6, 6.07) is 18.6. The van der Waals surface area contributed by atoms with Gasteiger partial charge in [-0.2, -0.15) is 0 Å². The van der Waals surface area contributed by atoms with Crippen LogP contribution in [0.3, 0.4) is 0 Å². The van der Waals surface area contributed by atoms with E-state index in [9.17, 15) is 4.79 Å². The summed E-state index contributed by atoms with van der Waals surface area (Å²) in [5.74, 6) is 0.161. The van der Waals surface area contributed by atoms with Crippen molar-refractivity contribution in [3.8, 4) is 5.75 Å². The Bertz CT molecular complexity index is 513. The van der Waals surface area contributed by atoms with Crippen LogP contribution in [-0.4, -0.2) is 11.0 Å². The molecule has 0 aliphatic carbocycles. The first-order chi connectivity index (χ1) is 9.25. The molecular weight excluding hydrogens is 308 g/mol. The van der Waals surface area contributed by atoms with E-state index in [1.165, 1.54) is 0 Å². The molecule has 2 rings (SSSR count). The molecule has 0 N–H and O–H groups in total. The van der Waals surface area contributed by atoms with E-state index < -0.39 is 11.0 Å². The van der Waals surface area contributed by atoms with Crippen molar-refractivity contribution in [1.29, 1.82) is 0 Å². The van der Waals surface area contributed by atoms with Gasteiger partial charge in [-0.25, -0.2) is 4.79 Å². The van der Waals surface area contributed by atoms with E-state index in [0.29, 0.717) is 5.75 Å². The van der Waals surface area contributed by atoms with Crippen LogP contribution < -0.4 is 4.74 Å². The molecule has 0 radical (unpaired) electrons. The molecule has 0 fully saturated rings. The van der Waals surface area contributed by atoms with Crippen LogP contribution in [0.5, 0.6) is 5.75 Å². The lowest BCUT2D eigenvalue weighted by Crippen LogP contribution is -2.23. The highest BCUT2D eigenvalue weighted by Crippen LogP contribution is 2.15.